The van der Waals surface area contributed by atoms with Crippen molar-refractivity contribution >= 4 is 11.6 Å². The van der Waals surface area contributed by atoms with Crippen molar-refractivity contribution in [3.63, 3.8) is 0 Å². The van der Waals surface area contributed by atoms with E-state index in [1.165, 1.54) is 5.56 Å². The number of benzene rings is 1. The Morgan fingerprint density at radius 2 is 2.16 bits per heavy atom. The van der Waals surface area contributed by atoms with Gasteiger partial charge in [-0.1, -0.05) is 19.1 Å². The number of aryl methyl sites for hydroxylation is 1. The third-order valence-corrected chi connectivity index (χ3v) is 2.77. The summed E-state index contributed by atoms with van der Waals surface area (Å²) in [6.07, 6.45) is 0.933. The molecular formula is C15H17NO3. The van der Waals surface area contributed by atoms with E-state index in [0.29, 0.717) is 12.4 Å². The molecule has 0 unspecified atom stereocenters. The molecule has 19 heavy (non-hydrogen) atoms. The second-order valence-electron chi connectivity index (χ2n) is 4.21. The molecule has 0 aliphatic carbocycles. The van der Waals surface area contributed by atoms with Gasteiger partial charge in [0.2, 0.25) is 0 Å². The minimum atomic E-state index is -0.254. The number of rotatable bonds is 5. The number of carbonyl (C=O) groups excluding carboxylic acids is 1. The first-order valence-corrected chi connectivity index (χ1v) is 6.21. The molecule has 1 N–H and O–H groups in total. The molecule has 2 rings (SSSR count). The van der Waals surface area contributed by atoms with Crippen LogP contribution in [0.5, 0.6) is 0 Å². The van der Waals surface area contributed by atoms with Gasteiger partial charge in [0.15, 0.2) is 5.76 Å². The lowest BCUT2D eigenvalue weighted by atomic mass is 10.1. The molecule has 1 heterocycles. The fraction of sp³-hybridized carbons (Fsp3) is 0.267. The number of hydrogen-bond donors (Lipinski definition) is 1. The van der Waals surface area contributed by atoms with Crippen LogP contribution in [0.2, 0.25) is 0 Å². The summed E-state index contributed by atoms with van der Waals surface area (Å²) >= 11 is 0. The fourth-order valence-electron chi connectivity index (χ4n) is 1.78. The fourth-order valence-corrected chi connectivity index (χ4v) is 1.78. The van der Waals surface area contributed by atoms with E-state index in [2.05, 4.69) is 12.2 Å². The Morgan fingerprint density at radius 1 is 1.32 bits per heavy atom. The SMILES string of the molecule is CCc1cccc(NC(=O)c2ccc(COC)o2)c1. The molecule has 0 aliphatic rings. The van der Waals surface area contributed by atoms with Crippen LogP contribution in [0.1, 0.15) is 28.8 Å². The van der Waals surface area contributed by atoms with Gasteiger partial charge in [0, 0.05) is 12.8 Å². The molecule has 2 aromatic rings. The summed E-state index contributed by atoms with van der Waals surface area (Å²) in [6.45, 7) is 2.43. The number of ether oxygens (including phenoxy) is 1. The van der Waals surface area contributed by atoms with Crippen molar-refractivity contribution in [1.29, 1.82) is 0 Å². The van der Waals surface area contributed by atoms with Crippen LogP contribution in [0.25, 0.3) is 0 Å². The second kappa shape index (κ2) is 6.20. The number of amides is 1. The minimum absolute atomic E-state index is 0.254. The molecule has 0 bridgehead atoms. The lowest BCUT2D eigenvalue weighted by molar-refractivity contribution is 0.0987. The lowest BCUT2D eigenvalue weighted by Gasteiger charge is -2.05. The average Bonchev–Trinajstić information content (AvgIpc) is 2.88. The van der Waals surface area contributed by atoms with E-state index < -0.39 is 0 Å². The zero-order valence-corrected chi connectivity index (χ0v) is 11.1. The zero-order chi connectivity index (χ0) is 13.7. The van der Waals surface area contributed by atoms with Gasteiger partial charge in [0.1, 0.15) is 12.4 Å². The van der Waals surface area contributed by atoms with Crippen molar-refractivity contribution in [2.45, 2.75) is 20.0 Å². The average molecular weight is 259 g/mol. The molecule has 4 heteroatoms. The van der Waals surface area contributed by atoms with Gasteiger partial charge in [0.05, 0.1) is 0 Å². The van der Waals surface area contributed by atoms with Gasteiger partial charge in [-0.3, -0.25) is 4.79 Å². The minimum Gasteiger partial charge on any atom is -0.453 e. The summed E-state index contributed by atoms with van der Waals surface area (Å²) in [5, 5.41) is 2.81. The van der Waals surface area contributed by atoms with E-state index in [1.54, 1.807) is 19.2 Å². The van der Waals surface area contributed by atoms with Crippen LogP contribution in [0.3, 0.4) is 0 Å². The van der Waals surface area contributed by atoms with Gasteiger partial charge in [-0.25, -0.2) is 0 Å². The molecule has 1 amide bonds. The number of carbonyl (C=O) groups is 1. The summed E-state index contributed by atoms with van der Waals surface area (Å²) in [6, 6.07) is 11.1. The molecule has 1 aromatic carbocycles. The van der Waals surface area contributed by atoms with Crippen molar-refractivity contribution in [3.8, 4) is 0 Å². The number of nitrogens with one attached hydrogen (secondary N) is 1. The van der Waals surface area contributed by atoms with Crippen LogP contribution >= 0.6 is 0 Å². The third-order valence-electron chi connectivity index (χ3n) is 2.77. The van der Waals surface area contributed by atoms with Crippen LogP contribution in [0.15, 0.2) is 40.8 Å². The van der Waals surface area contributed by atoms with E-state index in [0.717, 1.165) is 12.1 Å². The van der Waals surface area contributed by atoms with E-state index in [4.69, 9.17) is 9.15 Å². The summed E-state index contributed by atoms with van der Waals surface area (Å²) in [5.74, 6) is 0.666. The molecule has 0 spiro atoms. The number of methoxy groups -OCH3 is 1. The van der Waals surface area contributed by atoms with Crippen LogP contribution in [-0.4, -0.2) is 13.0 Å². The highest BCUT2D eigenvalue weighted by atomic mass is 16.5. The van der Waals surface area contributed by atoms with Gasteiger partial charge in [0.25, 0.3) is 5.91 Å². The predicted molar refractivity (Wildman–Crippen MR) is 73.2 cm³/mol. The summed E-state index contributed by atoms with van der Waals surface area (Å²) in [4.78, 5) is 12.0. The van der Waals surface area contributed by atoms with Crippen LogP contribution in [-0.2, 0) is 17.8 Å². The van der Waals surface area contributed by atoms with E-state index in [1.807, 2.05) is 24.3 Å². The normalized spacial score (nSPS) is 10.4. The predicted octanol–water partition coefficient (Wildman–Crippen LogP) is 3.24. The second-order valence-corrected chi connectivity index (χ2v) is 4.21. The topological polar surface area (TPSA) is 51.5 Å². The summed E-state index contributed by atoms with van der Waals surface area (Å²) in [7, 11) is 1.58. The smallest absolute Gasteiger partial charge is 0.291 e. The number of anilines is 1. The Bertz CT molecular complexity index is 560. The Labute approximate surface area is 112 Å². The third kappa shape index (κ3) is 3.45. The summed E-state index contributed by atoms with van der Waals surface area (Å²) in [5.41, 5.74) is 1.95. The molecule has 1 aromatic heterocycles. The van der Waals surface area contributed by atoms with Gasteiger partial charge >= 0.3 is 0 Å². The maximum absolute atomic E-state index is 12.0. The molecular weight excluding hydrogens is 242 g/mol. The van der Waals surface area contributed by atoms with Crippen molar-refractivity contribution in [1.82, 2.24) is 0 Å². The van der Waals surface area contributed by atoms with Crippen molar-refractivity contribution in [3.05, 3.63) is 53.5 Å². The summed E-state index contributed by atoms with van der Waals surface area (Å²) < 4.78 is 10.3. The monoisotopic (exact) mass is 259 g/mol. The van der Waals surface area contributed by atoms with E-state index >= 15 is 0 Å². The van der Waals surface area contributed by atoms with Crippen molar-refractivity contribution in [2.75, 3.05) is 12.4 Å². The van der Waals surface area contributed by atoms with Crippen molar-refractivity contribution in [2.24, 2.45) is 0 Å². The van der Waals surface area contributed by atoms with E-state index in [9.17, 15) is 4.79 Å². The quantitative estimate of drug-likeness (QED) is 0.896. The molecule has 0 atom stereocenters. The Kier molecular flexibility index (Phi) is 4.36. The maximum Gasteiger partial charge on any atom is 0.291 e. The first-order chi connectivity index (χ1) is 9.22. The van der Waals surface area contributed by atoms with E-state index in [-0.39, 0.29) is 11.7 Å². The Hall–Kier alpha value is -2.07. The van der Waals surface area contributed by atoms with Crippen LogP contribution in [0.4, 0.5) is 5.69 Å². The highest BCUT2D eigenvalue weighted by Crippen LogP contribution is 2.14. The van der Waals surface area contributed by atoms with Crippen LogP contribution < -0.4 is 5.32 Å². The molecule has 0 saturated heterocycles. The van der Waals surface area contributed by atoms with Crippen LogP contribution in [0, 0.1) is 0 Å². The van der Waals surface area contributed by atoms with Gasteiger partial charge in [-0.15, -0.1) is 0 Å². The Balaban J connectivity index is 2.06. The van der Waals surface area contributed by atoms with Gasteiger partial charge in [-0.2, -0.15) is 0 Å². The number of hydrogen-bond acceptors (Lipinski definition) is 3. The lowest BCUT2D eigenvalue weighted by Crippen LogP contribution is -2.10. The zero-order valence-electron chi connectivity index (χ0n) is 11.1. The first-order valence-electron chi connectivity index (χ1n) is 6.21. The van der Waals surface area contributed by atoms with Gasteiger partial charge in [-0.05, 0) is 36.2 Å². The maximum atomic E-state index is 12.0. The first kappa shape index (κ1) is 13.4. The highest BCUT2D eigenvalue weighted by molar-refractivity contribution is 6.02. The Morgan fingerprint density at radius 3 is 2.89 bits per heavy atom. The van der Waals surface area contributed by atoms with Gasteiger partial charge < -0.3 is 14.5 Å². The molecule has 0 radical (unpaired) electrons. The largest absolute Gasteiger partial charge is 0.453 e. The van der Waals surface area contributed by atoms with Crippen molar-refractivity contribution < 1.29 is 13.9 Å². The molecule has 100 valence electrons. The molecule has 0 saturated carbocycles. The number of furan rings is 1. The molecule has 0 fully saturated rings. The molecule has 0 aliphatic heterocycles. The molecule has 4 nitrogen and oxygen atoms in total. The standard InChI is InChI=1S/C15H17NO3/c1-3-11-5-4-6-12(9-11)16-15(17)14-8-7-13(19-14)10-18-2/h4-9H,3,10H2,1-2H3,(H,16,17). The highest BCUT2D eigenvalue weighted by Gasteiger charge is 2.11.